The van der Waals surface area contributed by atoms with Crippen LogP contribution in [0.3, 0.4) is 0 Å². The van der Waals surface area contributed by atoms with Gasteiger partial charge in [-0.2, -0.15) is 0 Å². The Bertz CT molecular complexity index is 882. The third kappa shape index (κ3) is 4.35. The summed E-state index contributed by atoms with van der Waals surface area (Å²) >= 11 is 0. The van der Waals surface area contributed by atoms with Crippen LogP contribution in [0.25, 0.3) is 0 Å². The molecule has 0 aliphatic carbocycles. The van der Waals surface area contributed by atoms with Crippen molar-refractivity contribution in [1.29, 1.82) is 0 Å². The fourth-order valence-electron chi connectivity index (χ4n) is 3.62. The first-order valence-corrected chi connectivity index (χ1v) is 10.8. The van der Waals surface area contributed by atoms with Gasteiger partial charge in [0.05, 0.1) is 23.9 Å². The molecule has 1 aromatic carbocycles. The molecule has 1 unspecified atom stereocenters. The molecule has 1 aliphatic rings. The molecule has 0 amide bonds. The number of ether oxygens (including phenoxy) is 1. The van der Waals surface area contributed by atoms with E-state index < -0.39 is 10.0 Å². The molecule has 7 heteroatoms. The lowest BCUT2D eigenvalue weighted by Crippen LogP contribution is -2.39. The summed E-state index contributed by atoms with van der Waals surface area (Å²) in [6, 6.07) is 9.09. The largest absolute Gasteiger partial charge is 0.497 e. The molecule has 1 aromatic heterocycles. The van der Waals surface area contributed by atoms with Crippen molar-refractivity contribution in [2.75, 3.05) is 23.3 Å². The minimum atomic E-state index is -3.70. The van der Waals surface area contributed by atoms with E-state index in [1.165, 1.54) is 19.3 Å². The Kier molecular flexibility index (Phi) is 5.89. The van der Waals surface area contributed by atoms with Crippen molar-refractivity contribution < 1.29 is 13.2 Å². The Morgan fingerprint density at radius 2 is 2.07 bits per heavy atom. The number of pyridine rings is 1. The normalized spacial score (nSPS) is 17.6. The van der Waals surface area contributed by atoms with Crippen LogP contribution in [0.4, 0.5) is 11.5 Å². The van der Waals surface area contributed by atoms with Crippen LogP contribution in [-0.4, -0.2) is 33.1 Å². The monoisotopic (exact) mass is 389 g/mol. The SMILES string of the molecule is CCC1CCCCN1c1ccc(NS(=O)(=O)c2ccc(OC)cc2C)nc1. The molecular weight excluding hydrogens is 362 g/mol. The van der Waals surface area contributed by atoms with Crippen LogP contribution >= 0.6 is 0 Å². The Labute approximate surface area is 161 Å². The summed E-state index contributed by atoms with van der Waals surface area (Å²) in [5.74, 6) is 0.944. The highest BCUT2D eigenvalue weighted by atomic mass is 32.2. The van der Waals surface area contributed by atoms with Crippen LogP contribution in [0.2, 0.25) is 0 Å². The van der Waals surface area contributed by atoms with Gasteiger partial charge < -0.3 is 9.64 Å². The van der Waals surface area contributed by atoms with E-state index in [0.29, 0.717) is 23.2 Å². The summed E-state index contributed by atoms with van der Waals surface area (Å²) in [6.45, 7) is 4.97. The molecule has 0 spiro atoms. The van der Waals surface area contributed by atoms with E-state index in [-0.39, 0.29) is 4.90 Å². The van der Waals surface area contributed by atoms with Crippen molar-refractivity contribution >= 4 is 21.5 Å². The van der Waals surface area contributed by atoms with Gasteiger partial charge in [-0.3, -0.25) is 4.72 Å². The van der Waals surface area contributed by atoms with Gasteiger partial charge in [0.2, 0.25) is 0 Å². The Morgan fingerprint density at radius 3 is 2.70 bits per heavy atom. The number of nitrogens with zero attached hydrogens (tertiary/aromatic N) is 2. The van der Waals surface area contributed by atoms with Gasteiger partial charge in [-0.1, -0.05) is 6.92 Å². The summed E-state index contributed by atoms with van der Waals surface area (Å²) in [5.41, 5.74) is 1.67. The standard InChI is InChI=1S/C20H27N3O3S/c1-4-16-7-5-6-12-23(16)17-8-11-20(21-14-17)22-27(24,25)19-10-9-18(26-3)13-15(19)2/h8-11,13-14,16H,4-7,12H2,1-3H3,(H,21,22). The zero-order valence-electron chi connectivity index (χ0n) is 16.1. The lowest BCUT2D eigenvalue weighted by Gasteiger charge is -2.37. The van der Waals surface area contributed by atoms with Crippen LogP contribution in [-0.2, 0) is 10.0 Å². The van der Waals surface area contributed by atoms with Crippen LogP contribution in [0.5, 0.6) is 5.75 Å². The van der Waals surface area contributed by atoms with Gasteiger partial charge in [0.1, 0.15) is 11.6 Å². The lowest BCUT2D eigenvalue weighted by molar-refractivity contribution is 0.414. The highest BCUT2D eigenvalue weighted by molar-refractivity contribution is 7.92. The van der Waals surface area contributed by atoms with Crippen LogP contribution in [0.1, 0.15) is 38.2 Å². The maximum atomic E-state index is 12.7. The van der Waals surface area contributed by atoms with E-state index in [0.717, 1.165) is 18.7 Å². The number of rotatable bonds is 6. The quantitative estimate of drug-likeness (QED) is 0.809. The molecule has 146 valence electrons. The first kappa shape index (κ1) is 19.5. The molecule has 2 aromatic rings. The van der Waals surface area contributed by atoms with Gasteiger partial charge in [0, 0.05) is 12.6 Å². The smallest absolute Gasteiger partial charge is 0.263 e. The van der Waals surface area contributed by atoms with Gasteiger partial charge in [-0.05, 0) is 68.5 Å². The van der Waals surface area contributed by atoms with E-state index >= 15 is 0 Å². The molecule has 1 fully saturated rings. The van der Waals surface area contributed by atoms with Crippen molar-refractivity contribution in [2.24, 2.45) is 0 Å². The van der Waals surface area contributed by atoms with Gasteiger partial charge in [-0.15, -0.1) is 0 Å². The zero-order chi connectivity index (χ0) is 19.4. The zero-order valence-corrected chi connectivity index (χ0v) is 16.9. The fraction of sp³-hybridized carbons (Fsp3) is 0.450. The molecule has 1 atom stereocenters. The first-order chi connectivity index (χ1) is 12.9. The number of sulfonamides is 1. The van der Waals surface area contributed by atoms with E-state index in [9.17, 15) is 8.42 Å². The highest BCUT2D eigenvalue weighted by Gasteiger charge is 2.22. The topological polar surface area (TPSA) is 71.5 Å². The third-order valence-electron chi connectivity index (χ3n) is 5.09. The summed E-state index contributed by atoms with van der Waals surface area (Å²) in [5, 5.41) is 0. The number of hydrogen-bond acceptors (Lipinski definition) is 5. The minimum Gasteiger partial charge on any atom is -0.497 e. The number of methoxy groups -OCH3 is 1. The number of anilines is 2. The maximum absolute atomic E-state index is 12.7. The van der Waals surface area contributed by atoms with Crippen molar-refractivity contribution in [1.82, 2.24) is 4.98 Å². The van der Waals surface area contributed by atoms with Crippen LogP contribution in [0.15, 0.2) is 41.4 Å². The van der Waals surface area contributed by atoms with E-state index in [2.05, 4.69) is 21.5 Å². The number of nitrogens with one attached hydrogen (secondary N) is 1. The molecule has 1 saturated heterocycles. The average Bonchev–Trinajstić information content (AvgIpc) is 2.68. The molecule has 2 heterocycles. The number of aromatic nitrogens is 1. The van der Waals surface area contributed by atoms with E-state index in [1.54, 1.807) is 44.5 Å². The predicted molar refractivity (Wildman–Crippen MR) is 108 cm³/mol. The van der Waals surface area contributed by atoms with Crippen molar-refractivity contribution in [2.45, 2.75) is 50.5 Å². The number of benzene rings is 1. The van der Waals surface area contributed by atoms with Gasteiger partial charge in [0.25, 0.3) is 10.0 Å². The summed E-state index contributed by atoms with van der Waals surface area (Å²) < 4.78 is 33.1. The van der Waals surface area contributed by atoms with Crippen LogP contribution in [0, 0.1) is 6.92 Å². The highest BCUT2D eigenvalue weighted by Crippen LogP contribution is 2.27. The summed E-state index contributed by atoms with van der Waals surface area (Å²) in [7, 11) is -2.15. The molecule has 6 nitrogen and oxygen atoms in total. The molecule has 0 bridgehead atoms. The molecule has 3 rings (SSSR count). The van der Waals surface area contributed by atoms with Crippen molar-refractivity contribution in [3.8, 4) is 5.75 Å². The number of aryl methyl sites for hydroxylation is 1. The van der Waals surface area contributed by atoms with E-state index in [4.69, 9.17) is 4.74 Å². The lowest BCUT2D eigenvalue weighted by atomic mass is 9.99. The molecule has 0 saturated carbocycles. The van der Waals surface area contributed by atoms with Gasteiger partial charge >= 0.3 is 0 Å². The summed E-state index contributed by atoms with van der Waals surface area (Å²) in [6.07, 6.45) is 6.50. The maximum Gasteiger partial charge on any atom is 0.263 e. The molecule has 0 radical (unpaired) electrons. The van der Waals surface area contributed by atoms with Crippen molar-refractivity contribution in [3.05, 3.63) is 42.1 Å². The second-order valence-corrected chi connectivity index (χ2v) is 8.54. The Hall–Kier alpha value is -2.28. The minimum absolute atomic E-state index is 0.219. The average molecular weight is 390 g/mol. The van der Waals surface area contributed by atoms with Crippen molar-refractivity contribution in [3.63, 3.8) is 0 Å². The second-order valence-electron chi connectivity index (χ2n) is 6.89. The summed E-state index contributed by atoms with van der Waals surface area (Å²) in [4.78, 5) is 6.94. The molecule has 27 heavy (non-hydrogen) atoms. The third-order valence-corrected chi connectivity index (χ3v) is 6.60. The van der Waals surface area contributed by atoms with E-state index in [1.807, 2.05) is 6.07 Å². The van der Waals surface area contributed by atoms with Gasteiger partial charge in [-0.25, -0.2) is 13.4 Å². The first-order valence-electron chi connectivity index (χ1n) is 9.34. The molecule has 1 N–H and O–H groups in total. The molecule has 1 aliphatic heterocycles. The molecular formula is C20H27N3O3S. The number of hydrogen-bond donors (Lipinski definition) is 1. The van der Waals surface area contributed by atoms with Crippen LogP contribution < -0.4 is 14.4 Å². The Morgan fingerprint density at radius 1 is 1.26 bits per heavy atom. The van der Waals surface area contributed by atoms with Gasteiger partial charge in [0.15, 0.2) is 0 Å². The Balaban J connectivity index is 1.77. The second kappa shape index (κ2) is 8.17. The number of piperidine rings is 1. The predicted octanol–water partition coefficient (Wildman–Crippen LogP) is 3.97. The fourth-order valence-corrected chi connectivity index (χ4v) is 4.86.